The zero-order valence-electron chi connectivity index (χ0n) is 7.95. The Labute approximate surface area is 86.5 Å². The second kappa shape index (κ2) is 3.93. The van der Waals surface area contributed by atoms with Gasteiger partial charge in [-0.05, 0) is 36.7 Å². The maximum absolute atomic E-state index is 8.75. The van der Waals surface area contributed by atoms with E-state index < -0.39 is 0 Å². The number of halogens is 1. The Balaban J connectivity index is 3.08. The molecule has 0 spiro atoms. The van der Waals surface area contributed by atoms with Crippen LogP contribution in [0.1, 0.15) is 38.3 Å². The second-order valence-corrected chi connectivity index (χ2v) is 4.03. The molecule has 1 aromatic heterocycles. The second-order valence-electron chi connectivity index (χ2n) is 3.28. The van der Waals surface area contributed by atoms with Gasteiger partial charge < -0.3 is 0 Å². The molecule has 0 N–H and O–H groups in total. The van der Waals surface area contributed by atoms with E-state index in [2.05, 4.69) is 40.9 Å². The Kier molecular flexibility index (Phi) is 3.10. The molecule has 1 heterocycles. The first kappa shape index (κ1) is 10.3. The molecule has 0 aliphatic rings. The molecule has 70 valence electrons. The zero-order chi connectivity index (χ0) is 10.0. The first-order valence-corrected chi connectivity index (χ1v) is 4.99. The Morgan fingerprint density at radius 2 is 2.15 bits per heavy atom. The lowest BCUT2D eigenvalue weighted by Gasteiger charge is -2.07. The Morgan fingerprint density at radius 1 is 1.54 bits per heavy atom. The topological polar surface area (TPSA) is 41.6 Å². The molecule has 0 bridgehead atoms. The van der Waals surface area contributed by atoms with Crippen molar-refractivity contribution in [2.24, 2.45) is 0 Å². The third-order valence-corrected chi connectivity index (χ3v) is 2.73. The third-order valence-electron chi connectivity index (χ3n) is 1.91. The number of hydrogen-bond donors (Lipinski definition) is 0. The van der Waals surface area contributed by atoms with Gasteiger partial charge in [-0.1, -0.05) is 0 Å². The summed E-state index contributed by atoms with van der Waals surface area (Å²) in [4.78, 5) is 0. The van der Waals surface area contributed by atoms with Crippen LogP contribution in [0.5, 0.6) is 0 Å². The summed E-state index contributed by atoms with van der Waals surface area (Å²) >= 11 is 3.44. The molecule has 0 aromatic carbocycles. The van der Waals surface area contributed by atoms with Crippen LogP contribution < -0.4 is 0 Å². The van der Waals surface area contributed by atoms with Gasteiger partial charge in [0.05, 0.1) is 18.2 Å². The van der Waals surface area contributed by atoms with Gasteiger partial charge in [-0.3, -0.25) is 4.68 Å². The van der Waals surface area contributed by atoms with Crippen LogP contribution in [0.2, 0.25) is 0 Å². The van der Waals surface area contributed by atoms with Gasteiger partial charge >= 0.3 is 0 Å². The fourth-order valence-electron chi connectivity index (χ4n) is 1.08. The van der Waals surface area contributed by atoms with E-state index in [0.717, 1.165) is 10.2 Å². The lowest BCUT2D eigenvalue weighted by atomic mass is 10.1. The quantitative estimate of drug-likeness (QED) is 0.800. The molecule has 1 aromatic rings. The minimum Gasteiger partial charge on any atom is -0.256 e. The van der Waals surface area contributed by atoms with E-state index in [9.17, 15) is 0 Å². The molecule has 3 nitrogen and oxygen atoms in total. The lowest BCUT2D eigenvalue weighted by Crippen LogP contribution is -2.03. The number of aromatic nitrogens is 2. The molecular weight excluding hydrogens is 230 g/mol. The van der Waals surface area contributed by atoms with Crippen LogP contribution in [0, 0.1) is 11.3 Å². The number of hydrogen-bond acceptors (Lipinski definition) is 2. The largest absolute Gasteiger partial charge is 0.256 e. The fraction of sp³-hybridized carbons (Fsp3) is 0.556. The minimum atomic E-state index is -0.109. The van der Waals surface area contributed by atoms with Crippen molar-refractivity contribution in [3.8, 4) is 6.07 Å². The molecule has 1 unspecified atom stereocenters. The molecule has 0 saturated carbocycles. The molecule has 0 aliphatic heterocycles. The summed E-state index contributed by atoms with van der Waals surface area (Å²) in [7, 11) is 0. The van der Waals surface area contributed by atoms with Gasteiger partial charge in [-0.2, -0.15) is 10.4 Å². The molecule has 0 aliphatic carbocycles. The first-order valence-electron chi connectivity index (χ1n) is 4.20. The highest BCUT2D eigenvalue weighted by molar-refractivity contribution is 9.10. The Hall–Kier alpha value is -0.820. The van der Waals surface area contributed by atoms with Crippen LogP contribution in [-0.4, -0.2) is 9.78 Å². The lowest BCUT2D eigenvalue weighted by molar-refractivity contribution is 0.521. The Bertz CT molecular complexity index is 335. The van der Waals surface area contributed by atoms with E-state index >= 15 is 0 Å². The molecule has 4 heteroatoms. The monoisotopic (exact) mass is 241 g/mol. The summed E-state index contributed by atoms with van der Waals surface area (Å²) in [6.07, 6.45) is 1.75. The molecule has 0 radical (unpaired) electrons. The van der Waals surface area contributed by atoms with Crippen LogP contribution in [0.15, 0.2) is 10.8 Å². The fourth-order valence-corrected chi connectivity index (χ4v) is 2.03. The van der Waals surface area contributed by atoms with Crippen LogP contribution >= 0.6 is 15.9 Å². The summed E-state index contributed by atoms with van der Waals surface area (Å²) < 4.78 is 2.78. The van der Waals surface area contributed by atoms with Gasteiger partial charge in [-0.25, -0.2) is 0 Å². The number of nitrogens with zero attached hydrogens (tertiary/aromatic N) is 3. The SMILES string of the molecule is CC(C#N)c1cnn(C(C)C)c1Br. The van der Waals surface area contributed by atoms with Crippen molar-refractivity contribution in [3.63, 3.8) is 0 Å². The molecule has 0 fully saturated rings. The van der Waals surface area contributed by atoms with Crippen molar-refractivity contribution in [2.45, 2.75) is 32.7 Å². The van der Waals surface area contributed by atoms with Crippen molar-refractivity contribution < 1.29 is 0 Å². The van der Waals surface area contributed by atoms with Gasteiger partial charge in [0.25, 0.3) is 0 Å². The highest BCUT2D eigenvalue weighted by Gasteiger charge is 2.14. The average molecular weight is 242 g/mol. The van der Waals surface area contributed by atoms with E-state index in [1.54, 1.807) is 6.20 Å². The third kappa shape index (κ3) is 1.92. The molecule has 0 amide bonds. The Morgan fingerprint density at radius 3 is 2.54 bits per heavy atom. The zero-order valence-corrected chi connectivity index (χ0v) is 9.54. The predicted molar refractivity (Wildman–Crippen MR) is 54.3 cm³/mol. The van der Waals surface area contributed by atoms with Crippen LogP contribution in [0.4, 0.5) is 0 Å². The van der Waals surface area contributed by atoms with Gasteiger partial charge in [0.2, 0.25) is 0 Å². The maximum atomic E-state index is 8.75. The van der Waals surface area contributed by atoms with E-state index in [1.807, 2.05) is 11.6 Å². The van der Waals surface area contributed by atoms with Gasteiger partial charge in [0.1, 0.15) is 4.60 Å². The van der Waals surface area contributed by atoms with E-state index in [1.165, 1.54) is 0 Å². The van der Waals surface area contributed by atoms with Gasteiger partial charge in [0, 0.05) is 11.6 Å². The highest BCUT2D eigenvalue weighted by atomic mass is 79.9. The predicted octanol–water partition coefficient (Wildman–Crippen LogP) is 2.85. The van der Waals surface area contributed by atoms with Crippen molar-refractivity contribution in [1.82, 2.24) is 9.78 Å². The highest BCUT2D eigenvalue weighted by Crippen LogP contribution is 2.26. The summed E-state index contributed by atoms with van der Waals surface area (Å²) in [6.45, 7) is 5.98. The standard InChI is InChI=1S/C9H12BrN3/c1-6(2)13-9(10)8(5-12-13)7(3)4-11/h5-7H,1-3H3. The van der Waals surface area contributed by atoms with E-state index in [4.69, 9.17) is 5.26 Å². The van der Waals surface area contributed by atoms with Crippen molar-refractivity contribution in [1.29, 1.82) is 5.26 Å². The van der Waals surface area contributed by atoms with Crippen molar-refractivity contribution in [3.05, 3.63) is 16.4 Å². The smallest absolute Gasteiger partial charge is 0.108 e. The summed E-state index contributed by atoms with van der Waals surface area (Å²) in [5.74, 6) is -0.109. The first-order chi connectivity index (χ1) is 6.07. The average Bonchev–Trinajstić information content (AvgIpc) is 2.46. The number of nitriles is 1. The van der Waals surface area contributed by atoms with Crippen molar-refractivity contribution in [2.75, 3.05) is 0 Å². The summed E-state index contributed by atoms with van der Waals surface area (Å²) in [5.41, 5.74) is 0.955. The van der Waals surface area contributed by atoms with E-state index in [-0.39, 0.29) is 5.92 Å². The minimum absolute atomic E-state index is 0.109. The molecule has 1 atom stereocenters. The molecular formula is C9H12BrN3. The van der Waals surface area contributed by atoms with Crippen LogP contribution in [0.3, 0.4) is 0 Å². The molecule has 0 saturated heterocycles. The maximum Gasteiger partial charge on any atom is 0.108 e. The molecule has 1 rings (SSSR count). The van der Waals surface area contributed by atoms with Crippen molar-refractivity contribution >= 4 is 15.9 Å². The normalized spacial score (nSPS) is 12.9. The van der Waals surface area contributed by atoms with Crippen LogP contribution in [0.25, 0.3) is 0 Å². The van der Waals surface area contributed by atoms with Gasteiger partial charge in [0.15, 0.2) is 0 Å². The molecule has 13 heavy (non-hydrogen) atoms. The summed E-state index contributed by atoms with van der Waals surface area (Å²) in [6, 6.07) is 2.50. The van der Waals surface area contributed by atoms with Gasteiger partial charge in [-0.15, -0.1) is 0 Å². The number of rotatable bonds is 2. The van der Waals surface area contributed by atoms with Crippen LogP contribution in [-0.2, 0) is 0 Å². The summed E-state index contributed by atoms with van der Waals surface area (Å²) in [5, 5.41) is 13.0. The van der Waals surface area contributed by atoms with E-state index in [0.29, 0.717) is 6.04 Å².